The van der Waals surface area contributed by atoms with Crippen LogP contribution in [0.5, 0.6) is 0 Å². The van der Waals surface area contributed by atoms with Crippen LogP contribution in [0.15, 0.2) is 54.6 Å². The van der Waals surface area contributed by atoms with Crippen molar-refractivity contribution in [3.8, 4) is 0 Å². The zero-order chi connectivity index (χ0) is 12.3. The summed E-state index contributed by atoms with van der Waals surface area (Å²) in [5.41, 5.74) is 8.35. The van der Waals surface area contributed by atoms with Gasteiger partial charge >= 0.3 is 0 Å². The maximum atomic E-state index is 6.38. The van der Waals surface area contributed by atoms with Gasteiger partial charge in [0.2, 0.25) is 0 Å². The molecular weight excluding hydrogens is 230 g/mol. The molecule has 0 aliphatic heterocycles. The first-order valence-corrected chi connectivity index (χ1v) is 6.04. The van der Waals surface area contributed by atoms with Crippen molar-refractivity contribution in [3.05, 3.63) is 70.7 Å². The minimum absolute atomic E-state index is 0.369. The maximum absolute atomic E-state index is 6.38. The van der Waals surface area contributed by atoms with Crippen LogP contribution in [-0.2, 0) is 12.0 Å². The summed E-state index contributed by atoms with van der Waals surface area (Å²) in [5.74, 6) is 0. The average Bonchev–Trinajstić information content (AvgIpc) is 2.30. The lowest BCUT2D eigenvalue weighted by molar-refractivity contribution is 0.491. The van der Waals surface area contributed by atoms with Gasteiger partial charge in [0.05, 0.1) is 0 Å². The fraction of sp³-hybridized carbons (Fsp3) is 0.200. The summed E-state index contributed by atoms with van der Waals surface area (Å²) in [6.07, 6.45) is 0.815. The SMILES string of the molecule is CC(N)(Cc1ccccc1)c1ccc(Cl)cc1. The fourth-order valence-electron chi connectivity index (χ4n) is 1.95. The molecule has 2 N–H and O–H groups in total. The highest BCUT2D eigenvalue weighted by atomic mass is 35.5. The Balaban J connectivity index is 2.21. The molecule has 1 atom stereocenters. The molecule has 0 heterocycles. The fourth-order valence-corrected chi connectivity index (χ4v) is 2.08. The minimum atomic E-state index is -0.369. The zero-order valence-electron chi connectivity index (χ0n) is 9.86. The molecule has 0 aliphatic rings. The molecule has 1 nitrogen and oxygen atoms in total. The van der Waals surface area contributed by atoms with Crippen LogP contribution in [0.2, 0.25) is 5.02 Å². The summed E-state index contributed by atoms with van der Waals surface area (Å²) in [6, 6.07) is 18.0. The van der Waals surface area contributed by atoms with Gasteiger partial charge in [0.25, 0.3) is 0 Å². The van der Waals surface area contributed by atoms with Gasteiger partial charge in [-0.2, -0.15) is 0 Å². The lowest BCUT2D eigenvalue weighted by Gasteiger charge is -2.25. The minimum Gasteiger partial charge on any atom is -0.321 e. The summed E-state index contributed by atoms with van der Waals surface area (Å²) in [7, 11) is 0. The van der Waals surface area contributed by atoms with Crippen molar-refractivity contribution in [2.75, 3.05) is 0 Å². The van der Waals surface area contributed by atoms with Crippen molar-refractivity contribution < 1.29 is 0 Å². The molecular formula is C15H16ClN. The van der Waals surface area contributed by atoms with E-state index in [0.29, 0.717) is 0 Å². The Morgan fingerprint density at radius 2 is 1.59 bits per heavy atom. The van der Waals surface area contributed by atoms with Gasteiger partial charge in [0.15, 0.2) is 0 Å². The predicted octanol–water partition coefficient (Wildman–Crippen LogP) is 3.76. The first kappa shape index (κ1) is 12.2. The maximum Gasteiger partial charge on any atom is 0.0421 e. The molecule has 0 saturated heterocycles. The summed E-state index contributed by atoms with van der Waals surface area (Å²) >= 11 is 5.88. The molecule has 2 heteroatoms. The Bertz CT molecular complexity index is 474. The van der Waals surface area contributed by atoms with E-state index in [1.54, 1.807) is 0 Å². The summed E-state index contributed by atoms with van der Waals surface area (Å²) < 4.78 is 0. The molecule has 0 spiro atoms. The van der Waals surface area contributed by atoms with Crippen molar-refractivity contribution in [3.63, 3.8) is 0 Å². The third-order valence-corrected chi connectivity index (χ3v) is 3.17. The number of halogens is 1. The smallest absolute Gasteiger partial charge is 0.0421 e. The van der Waals surface area contributed by atoms with Crippen LogP contribution in [0.4, 0.5) is 0 Å². The van der Waals surface area contributed by atoms with Crippen LogP contribution in [0.1, 0.15) is 18.1 Å². The lowest BCUT2D eigenvalue weighted by atomic mass is 9.87. The van der Waals surface area contributed by atoms with Gasteiger partial charge in [0.1, 0.15) is 0 Å². The molecule has 0 amide bonds. The molecule has 0 fully saturated rings. The van der Waals surface area contributed by atoms with Crippen molar-refractivity contribution in [2.45, 2.75) is 18.9 Å². The van der Waals surface area contributed by atoms with Crippen molar-refractivity contribution in [1.82, 2.24) is 0 Å². The Morgan fingerprint density at radius 1 is 1.00 bits per heavy atom. The second-order valence-corrected chi connectivity index (χ2v) is 5.02. The van der Waals surface area contributed by atoms with Gasteiger partial charge < -0.3 is 5.73 Å². The molecule has 0 saturated carbocycles. The van der Waals surface area contributed by atoms with Crippen molar-refractivity contribution in [2.24, 2.45) is 5.73 Å². The standard InChI is InChI=1S/C15H16ClN/c1-15(17,11-12-5-3-2-4-6-12)13-7-9-14(16)10-8-13/h2-10H,11,17H2,1H3. The largest absolute Gasteiger partial charge is 0.321 e. The molecule has 2 aromatic rings. The Morgan fingerprint density at radius 3 is 2.18 bits per heavy atom. The molecule has 88 valence electrons. The Hall–Kier alpha value is -1.31. The Kier molecular flexibility index (Phi) is 3.51. The van der Waals surface area contributed by atoms with Gasteiger partial charge in [0, 0.05) is 10.6 Å². The molecule has 0 radical (unpaired) electrons. The van der Waals surface area contributed by atoms with Gasteiger partial charge in [-0.3, -0.25) is 0 Å². The third-order valence-electron chi connectivity index (χ3n) is 2.92. The van der Waals surface area contributed by atoms with Gasteiger partial charge in [-0.25, -0.2) is 0 Å². The molecule has 2 aromatic carbocycles. The van der Waals surface area contributed by atoms with Gasteiger partial charge in [-0.05, 0) is 36.6 Å². The number of nitrogens with two attached hydrogens (primary N) is 1. The topological polar surface area (TPSA) is 26.0 Å². The summed E-state index contributed by atoms with van der Waals surface area (Å²) in [4.78, 5) is 0. The van der Waals surface area contributed by atoms with Crippen LogP contribution < -0.4 is 5.73 Å². The highest BCUT2D eigenvalue weighted by molar-refractivity contribution is 6.30. The Labute approximate surface area is 107 Å². The first-order chi connectivity index (χ1) is 8.08. The molecule has 17 heavy (non-hydrogen) atoms. The number of rotatable bonds is 3. The molecule has 2 rings (SSSR count). The van der Waals surface area contributed by atoms with E-state index in [1.165, 1.54) is 5.56 Å². The normalized spacial score (nSPS) is 14.3. The van der Waals surface area contributed by atoms with Gasteiger partial charge in [-0.1, -0.05) is 54.1 Å². The zero-order valence-corrected chi connectivity index (χ0v) is 10.6. The second kappa shape index (κ2) is 4.91. The van der Waals surface area contributed by atoms with E-state index >= 15 is 0 Å². The molecule has 0 aliphatic carbocycles. The highest BCUT2D eigenvalue weighted by Crippen LogP contribution is 2.24. The van der Waals surface area contributed by atoms with Crippen LogP contribution in [0, 0.1) is 0 Å². The van der Waals surface area contributed by atoms with E-state index in [4.69, 9.17) is 17.3 Å². The van der Waals surface area contributed by atoms with E-state index in [-0.39, 0.29) is 5.54 Å². The van der Waals surface area contributed by atoms with E-state index in [1.807, 2.05) is 49.4 Å². The second-order valence-electron chi connectivity index (χ2n) is 4.59. The van der Waals surface area contributed by atoms with Crippen molar-refractivity contribution >= 4 is 11.6 Å². The number of hydrogen-bond acceptors (Lipinski definition) is 1. The van der Waals surface area contributed by atoms with Crippen LogP contribution >= 0.6 is 11.6 Å². The summed E-state index contributed by atoms with van der Waals surface area (Å²) in [6.45, 7) is 2.04. The van der Waals surface area contributed by atoms with E-state index < -0.39 is 0 Å². The van der Waals surface area contributed by atoms with Crippen LogP contribution in [-0.4, -0.2) is 0 Å². The van der Waals surface area contributed by atoms with E-state index in [0.717, 1.165) is 17.0 Å². The lowest BCUT2D eigenvalue weighted by Crippen LogP contribution is -2.35. The third kappa shape index (κ3) is 3.09. The van der Waals surface area contributed by atoms with E-state index in [9.17, 15) is 0 Å². The summed E-state index contributed by atoms with van der Waals surface area (Å²) in [5, 5.41) is 0.740. The van der Waals surface area contributed by atoms with Gasteiger partial charge in [-0.15, -0.1) is 0 Å². The van der Waals surface area contributed by atoms with Crippen LogP contribution in [0.25, 0.3) is 0 Å². The van der Waals surface area contributed by atoms with Crippen molar-refractivity contribution in [1.29, 1.82) is 0 Å². The quantitative estimate of drug-likeness (QED) is 0.876. The monoisotopic (exact) mass is 245 g/mol. The first-order valence-electron chi connectivity index (χ1n) is 5.67. The molecule has 1 unspecified atom stereocenters. The number of benzene rings is 2. The molecule has 0 bridgehead atoms. The van der Waals surface area contributed by atoms with Crippen LogP contribution in [0.3, 0.4) is 0 Å². The molecule has 0 aromatic heterocycles. The highest BCUT2D eigenvalue weighted by Gasteiger charge is 2.21. The average molecular weight is 246 g/mol. The predicted molar refractivity (Wildman–Crippen MR) is 73.1 cm³/mol. The van der Waals surface area contributed by atoms with E-state index in [2.05, 4.69) is 12.1 Å². The number of hydrogen-bond donors (Lipinski definition) is 1.